The summed E-state index contributed by atoms with van der Waals surface area (Å²) in [6.45, 7) is 4.75. The van der Waals surface area contributed by atoms with Crippen LogP contribution in [0.5, 0.6) is 0 Å². The number of anilines is 1. The molecule has 104 valence electrons. The van der Waals surface area contributed by atoms with Crippen molar-refractivity contribution in [2.24, 2.45) is 0 Å². The smallest absolute Gasteiger partial charge is 0.241 e. The van der Waals surface area contributed by atoms with Crippen molar-refractivity contribution in [1.29, 1.82) is 0 Å². The SMILES string of the molecule is CC(C(=O)Nc1cc(Cl)cc(Cl)c1)N1CCOCC1. The molecule has 1 amide bonds. The molecule has 0 aliphatic carbocycles. The van der Waals surface area contributed by atoms with Gasteiger partial charge in [-0.15, -0.1) is 0 Å². The first kappa shape index (κ1) is 14.6. The number of nitrogens with one attached hydrogen (secondary N) is 1. The summed E-state index contributed by atoms with van der Waals surface area (Å²) in [6.07, 6.45) is 0. The van der Waals surface area contributed by atoms with Crippen molar-refractivity contribution in [3.8, 4) is 0 Å². The molecule has 0 bridgehead atoms. The van der Waals surface area contributed by atoms with E-state index in [1.165, 1.54) is 0 Å². The lowest BCUT2D eigenvalue weighted by molar-refractivity contribution is -0.122. The Morgan fingerprint density at radius 2 is 1.84 bits per heavy atom. The summed E-state index contributed by atoms with van der Waals surface area (Å²) in [5, 5.41) is 3.83. The lowest BCUT2D eigenvalue weighted by Crippen LogP contribution is -2.47. The van der Waals surface area contributed by atoms with E-state index in [1.54, 1.807) is 18.2 Å². The summed E-state index contributed by atoms with van der Waals surface area (Å²) in [5.74, 6) is -0.0692. The maximum absolute atomic E-state index is 12.2. The van der Waals surface area contributed by atoms with Crippen LogP contribution in [0.2, 0.25) is 10.0 Å². The summed E-state index contributed by atoms with van der Waals surface area (Å²) < 4.78 is 5.27. The predicted octanol–water partition coefficient (Wildman–Crippen LogP) is 2.65. The minimum atomic E-state index is -0.207. The Kier molecular flexibility index (Phi) is 5.05. The molecular formula is C13H16Cl2N2O2. The zero-order chi connectivity index (χ0) is 13.8. The first-order chi connectivity index (χ1) is 9.06. The first-order valence-electron chi connectivity index (χ1n) is 6.15. The van der Waals surface area contributed by atoms with E-state index in [9.17, 15) is 4.79 Å². The Hall–Kier alpha value is -0.810. The molecule has 1 unspecified atom stereocenters. The minimum Gasteiger partial charge on any atom is -0.379 e. The molecule has 19 heavy (non-hydrogen) atoms. The van der Waals surface area contributed by atoms with Gasteiger partial charge in [0.25, 0.3) is 0 Å². The van der Waals surface area contributed by atoms with Gasteiger partial charge < -0.3 is 10.1 Å². The standard InChI is InChI=1S/C13H16Cl2N2O2/c1-9(17-2-4-19-5-3-17)13(18)16-12-7-10(14)6-11(15)8-12/h6-9H,2-5H2,1H3,(H,16,18). The van der Waals surface area contributed by atoms with E-state index in [0.717, 1.165) is 13.1 Å². The van der Waals surface area contributed by atoms with Gasteiger partial charge in [0.2, 0.25) is 5.91 Å². The molecule has 6 heteroatoms. The third-order valence-electron chi connectivity index (χ3n) is 3.10. The van der Waals surface area contributed by atoms with E-state index in [-0.39, 0.29) is 11.9 Å². The van der Waals surface area contributed by atoms with E-state index >= 15 is 0 Å². The molecule has 1 aromatic carbocycles. The molecule has 4 nitrogen and oxygen atoms in total. The van der Waals surface area contributed by atoms with Crippen LogP contribution in [0.25, 0.3) is 0 Å². The zero-order valence-corrected chi connectivity index (χ0v) is 12.2. The van der Waals surface area contributed by atoms with Crippen molar-refractivity contribution in [1.82, 2.24) is 4.90 Å². The quantitative estimate of drug-likeness (QED) is 0.933. The number of carbonyl (C=O) groups is 1. The van der Waals surface area contributed by atoms with Gasteiger partial charge in [-0.1, -0.05) is 23.2 Å². The van der Waals surface area contributed by atoms with Gasteiger partial charge in [-0.25, -0.2) is 0 Å². The molecule has 1 aromatic rings. The van der Waals surface area contributed by atoms with E-state index in [4.69, 9.17) is 27.9 Å². The van der Waals surface area contributed by atoms with Crippen molar-refractivity contribution < 1.29 is 9.53 Å². The molecule has 1 N–H and O–H groups in total. The topological polar surface area (TPSA) is 41.6 Å². The van der Waals surface area contributed by atoms with Gasteiger partial charge in [0, 0.05) is 28.8 Å². The molecule has 0 saturated carbocycles. The summed E-state index contributed by atoms with van der Waals surface area (Å²) in [4.78, 5) is 14.2. The summed E-state index contributed by atoms with van der Waals surface area (Å²) in [5.41, 5.74) is 0.614. The van der Waals surface area contributed by atoms with Crippen molar-refractivity contribution in [3.63, 3.8) is 0 Å². The predicted molar refractivity (Wildman–Crippen MR) is 76.9 cm³/mol. The van der Waals surface area contributed by atoms with E-state index in [1.807, 2.05) is 6.92 Å². The largest absolute Gasteiger partial charge is 0.379 e. The summed E-state index contributed by atoms with van der Waals surface area (Å²) in [7, 11) is 0. The Balaban J connectivity index is 1.99. The van der Waals surface area contributed by atoms with Crippen molar-refractivity contribution >= 4 is 34.8 Å². The molecule has 2 rings (SSSR count). The molecule has 1 atom stereocenters. The van der Waals surface area contributed by atoms with E-state index in [0.29, 0.717) is 28.9 Å². The Labute approximate surface area is 122 Å². The van der Waals surface area contributed by atoms with Gasteiger partial charge in [-0.05, 0) is 25.1 Å². The monoisotopic (exact) mass is 302 g/mol. The molecule has 0 aromatic heterocycles. The summed E-state index contributed by atoms with van der Waals surface area (Å²) >= 11 is 11.8. The van der Waals surface area contributed by atoms with Crippen LogP contribution in [-0.4, -0.2) is 43.2 Å². The second-order valence-corrected chi connectivity index (χ2v) is 5.34. The normalized spacial score (nSPS) is 18.1. The molecule has 0 radical (unpaired) electrons. The van der Waals surface area contributed by atoms with Gasteiger partial charge >= 0.3 is 0 Å². The number of nitrogens with zero attached hydrogens (tertiary/aromatic N) is 1. The summed E-state index contributed by atoms with van der Waals surface area (Å²) in [6, 6.07) is 4.78. The van der Waals surface area contributed by atoms with Crippen LogP contribution < -0.4 is 5.32 Å². The molecule has 1 aliphatic heterocycles. The van der Waals surface area contributed by atoms with Crippen molar-refractivity contribution in [2.75, 3.05) is 31.6 Å². The van der Waals surface area contributed by atoms with Crippen LogP contribution >= 0.6 is 23.2 Å². The number of rotatable bonds is 3. The van der Waals surface area contributed by atoms with Gasteiger partial charge in [0.05, 0.1) is 19.3 Å². The number of hydrogen-bond donors (Lipinski definition) is 1. The second-order valence-electron chi connectivity index (χ2n) is 4.47. The molecule has 1 fully saturated rings. The third-order valence-corrected chi connectivity index (χ3v) is 3.54. The molecule has 0 spiro atoms. The van der Waals surface area contributed by atoms with Crippen LogP contribution in [0.4, 0.5) is 5.69 Å². The van der Waals surface area contributed by atoms with Crippen LogP contribution in [-0.2, 0) is 9.53 Å². The lowest BCUT2D eigenvalue weighted by Gasteiger charge is -2.31. The van der Waals surface area contributed by atoms with Crippen LogP contribution in [0.3, 0.4) is 0 Å². The highest BCUT2D eigenvalue weighted by Crippen LogP contribution is 2.22. The molecule has 1 saturated heterocycles. The van der Waals surface area contributed by atoms with E-state index < -0.39 is 0 Å². The van der Waals surface area contributed by atoms with Crippen LogP contribution in [0, 0.1) is 0 Å². The fraction of sp³-hybridized carbons (Fsp3) is 0.462. The Bertz CT molecular complexity index is 442. The lowest BCUT2D eigenvalue weighted by atomic mass is 10.2. The minimum absolute atomic E-state index is 0.0692. The highest BCUT2D eigenvalue weighted by Gasteiger charge is 2.23. The Morgan fingerprint density at radius 1 is 1.26 bits per heavy atom. The number of amides is 1. The van der Waals surface area contributed by atoms with Crippen molar-refractivity contribution in [2.45, 2.75) is 13.0 Å². The fourth-order valence-electron chi connectivity index (χ4n) is 2.00. The maximum Gasteiger partial charge on any atom is 0.241 e. The number of morpholine rings is 1. The number of ether oxygens (including phenoxy) is 1. The number of hydrogen-bond acceptors (Lipinski definition) is 3. The van der Waals surface area contributed by atoms with Gasteiger partial charge in [0.15, 0.2) is 0 Å². The maximum atomic E-state index is 12.2. The molecule has 1 aliphatic rings. The van der Waals surface area contributed by atoms with Crippen LogP contribution in [0.15, 0.2) is 18.2 Å². The highest BCUT2D eigenvalue weighted by atomic mass is 35.5. The fourth-order valence-corrected chi connectivity index (χ4v) is 2.53. The third kappa shape index (κ3) is 4.08. The molecule has 1 heterocycles. The molecular weight excluding hydrogens is 287 g/mol. The van der Waals surface area contributed by atoms with Crippen molar-refractivity contribution in [3.05, 3.63) is 28.2 Å². The average Bonchev–Trinajstić information content (AvgIpc) is 2.37. The van der Waals surface area contributed by atoms with Crippen LogP contribution in [0.1, 0.15) is 6.92 Å². The van der Waals surface area contributed by atoms with E-state index in [2.05, 4.69) is 10.2 Å². The second kappa shape index (κ2) is 6.57. The highest BCUT2D eigenvalue weighted by molar-refractivity contribution is 6.35. The number of halogens is 2. The first-order valence-corrected chi connectivity index (χ1v) is 6.90. The van der Waals surface area contributed by atoms with Gasteiger partial charge in [0.1, 0.15) is 0 Å². The number of benzene rings is 1. The Morgan fingerprint density at radius 3 is 2.42 bits per heavy atom. The van der Waals surface area contributed by atoms with Gasteiger partial charge in [-0.3, -0.25) is 9.69 Å². The average molecular weight is 303 g/mol. The zero-order valence-electron chi connectivity index (χ0n) is 10.7. The van der Waals surface area contributed by atoms with Gasteiger partial charge in [-0.2, -0.15) is 0 Å². The number of carbonyl (C=O) groups excluding carboxylic acids is 1.